The van der Waals surface area contributed by atoms with Crippen LogP contribution in [0.4, 0.5) is 18.9 Å². The van der Waals surface area contributed by atoms with E-state index < -0.39 is 11.9 Å². The van der Waals surface area contributed by atoms with Crippen molar-refractivity contribution < 1.29 is 22.7 Å². The summed E-state index contributed by atoms with van der Waals surface area (Å²) < 4.78 is 51.0. The number of amides is 1. The van der Waals surface area contributed by atoms with Crippen LogP contribution in [0.3, 0.4) is 0 Å². The van der Waals surface area contributed by atoms with Crippen molar-refractivity contribution in [2.75, 3.05) is 18.6 Å². The molecule has 3 aromatic heterocycles. The first-order valence-electron chi connectivity index (χ1n) is 13.2. The van der Waals surface area contributed by atoms with E-state index in [1.54, 1.807) is 49.7 Å². The fourth-order valence-corrected chi connectivity index (χ4v) is 5.44. The molecule has 0 atom stereocenters. The summed E-state index contributed by atoms with van der Waals surface area (Å²) in [5, 5.41) is 4.59. The maximum atomic E-state index is 14.2. The third-order valence-corrected chi connectivity index (χ3v) is 7.50. The Hall–Kier alpha value is -4.67. The van der Waals surface area contributed by atoms with Crippen LogP contribution in [0.15, 0.2) is 61.2 Å². The van der Waals surface area contributed by atoms with Gasteiger partial charge in [0.25, 0.3) is 5.91 Å². The number of carbonyl (C=O) groups is 1. The lowest BCUT2D eigenvalue weighted by molar-refractivity contribution is -0.141. The van der Waals surface area contributed by atoms with Gasteiger partial charge in [-0.05, 0) is 67.3 Å². The monoisotopic (exact) mass is 560 g/mol. The predicted octanol–water partition coefficient (Wildman–Crippen LogP) is 5.90. The third kappa shape index (κ3) is 4.71. The molecule has 0 N–H and O–H groups in total. The molecule has 4 heterocycles. The molecule has 0 saturated heterocycles. The van der Waals surface area contributed by atoms with E-state index in [0.717, 1.165) is 11.2 Å². The van der Waals surface area contributed by atoms with E-state index in [4.69, 9.17) is 4.74 Å². The average Bonchev–Trinajstić information content (AvgIpc) is 3.59. The second kappa shape index (κ2) is 10.1. The van der Waals surface area contributed by atoms with Crippen LogP contribution in [0.25, 0.3) is 22.0 Å². The molecule has 6 rings (SSSR count). The third-order valence-electron chi connectivity index (χ3n) is 7.50. The molecule has 0 saturated carbocycles. The number of anilines is 1. The summed E-state index contributed by atoms with van der Waals surface area (Å²) in [6, 6.07) is 10.9. The Morgan fingerprint density at radius 3 is 2.59 bits per heavy atom. The smallest absolute Gasteiger partial charge is 0.435 e. The number of pyridine rings is 1. The van der Waals surface area contributed by atoms with Crippen LogP contribution in [0.1, 0.15) is 39.9 Å². The van der Waals surface area contributed by atoms with Gasteiger partial charge in [-0.25, -0.2) is 4.98 Å². The largest absolute Gasteiger partial charge is 0.495 e. The van der Waals surface area contributed by atoms with Crippen molar-refractivity contribution in [3.63, 3.8) is 0 Å². The van der Waals surface area contributed by atoms with E-state index in [2.05, 4.69) is 15.1 Å². The van der Waals surface area contributed by atoms with Gasteiger partial charge in [0.05, 0.1) is 24.5 Å². The molecule has 1 amide bonds. The molecule has 0 spiro atoms. The van der Waals surface area contributed by atoms with Crippen LogP contribution in [-0.2, 0) is 25.7 Å². The lowest BCUT2D eigenvalue weighted by Gasteiger charge is -2.31. The number of hydrogen-bond donors (Lipinski definition) is 0. The number of aromatic nitrogens is 5. The van der Waals surface area contributed by atoms with Gasteiger partial charge in [-0.3, -0.25) is 14.5 Å². The van der Waals surface area contributed by atoms with Crippen molar-refractivity contribution in [2.45, 2.75) is 39.5 Å². The number of ether oxygens (including phenoxy) is 1. The molecule has 0 radical (unpaired) electrons. The number of carbonyl (C=O) groups excluding carboxylic acids is 1. The van der Waals surface area contributed by atoms with Crippen molar-refractivity contribution in [1.82, 2.24) is 24.3 Å². The van der Waals surface area contributed by atoms with Gasteiger partial charge in [-0.2, -0.15) is 18.3 Å². The topological polar surface area (TPSA) is 78.1 Å². The molecule has 41 heavy (non-hydrogen) atoms. The minimum atomic E-state index is -4.65. The average molecular weight is 561 g/mol. The molecular formula is C30H27F3N6O2. The lowest BCUT2D eigenvalue weighted by Crippen LogP contribution is -2.38. The summed E-state index contributed by atoms with van der Waals surface area (Å²) in [4.78, 5) is 24.6. The van der Waals surface area contributed by atoms with E-state index in [-0.39, 0.29) is 18.0 Å². The minimum absolute atomic E-state index is 0.0276. The predicted molar refractivity (Wildman–Crippen MR) is 148 cm³/mol. The highest BCUT2D eigenvalue weighted by atomic mass is 19.4. The zero-order valence-electron chi connectivity index (χ0n) is 22.7. The first-order chi connectivity index (χ1) is 19.7. The van der Waals surface area contributed by atoms with Gasteiger partial charge >= 0.3 is 6.18 Å². The van der Waals surface area contributed by atoms with Crippen LogP contribution in [0.5, 0.6) is 5.75 Å². The number of benzene rings is 2. The highest BCUT2D eigenvalue weighted by molar-refractivity contribution is 6.13. The normalized spacial score (nSPS) is 13.6. The molecule has 1 aliphatic rings. The highest BCUT2D eigenvalue weighted by Gasteiger charge is 2.39. The van der Waals surface area contributed by atoms with E-state index >= 15 is 0 Å². The number of fused-ring (bicyclic) bond motifs is 2. The molecule has 0 bridgehead atoms. The quantitative estimate of drug-likeness (QED) is 0.258. The van der Waals surface area contributed by atoms with Crippen molar-refractivity contribution in [2.24, 2.45) is 0 Å². The molecule has 0 unspecified atom stereocenters. The number of methoxy groups -OCH3 is 1. The molecule has 11 heteroatoms. The second-order valence-electron chi connectivity index (χ2n) is 9.94. The maximum absolute atomic E-state index is 14.2. The zero-order valence-corrected chi connectivity index (χ0v) is 22.7. The molecule has 210 valence electrons. The minimum Gasteiger partial charge on any atom is -0.495 e. The first kappa shape index (κ1) is 26.5. The molecule has 0 fully saturated rings. The van der Waals surface area contributed by atoms with Crippen molar-refractivity contribution in [3.8, 4) is 16.9 Å². The Morgan fingerprint density at radius 1 is 1.07 bits per heavy atom. The summed E-state index contributed by atoms with van der Waals surface area (Å²) in [7, 11) is 1.55. The van der Waals surface area contributed by atoms with Crippen LogP contribution in [-0.4, -0.2) is 43.9 Å². The number of hydrogen-bond acceptors (Lipinski definition) is 5. The van der Waals surface area contributed by atoms with E-state index in [1.807, 2.05) is 35.8 Å². The summed E-state index contributed by atoms with van der Waals surface area (Å²) in [6.45, 7) is 4.50. The van der Waals surface area contributed by atoms with Crippen LogP contribution in [0, 0.1) is 6.92 Å². The lowest BCUT2D eigenvalue weighted by atomic mass is 9.87. The zero-order chi connectivity index (χ0) is 28.9. The van der Waals surface area contributed by atoms with Gasteiger partial charge < -0.3 is 14.2 Å². The maximum Gasteiger partial charge on any atom is 0.435 e. The molecule has 2 aromatic carbocycles. The van der Waals surface area contributed by atoms with E-state index in [1.165, 1.54) is 10.9 Å². The second-order valence-corrected chi connectivity index (χ2v) is 9.94. The fraction of sp³-hybridized carbons (Fsp3) is 0.267. The van der Waals surface area contributed by atoms with Gasteiger partial charge in [0.15, 0.2) is 5.69 Å². The number of alkyl halides is 3. The Labute approximate surface area is 234 Å². The van der Waals surface area contributed by atoms with E-state index in [0.29, 0.717) is 58.7 Å². The van der Waals surface area contributed by atoms with Gasteiger partial charge in [0.1, 0.15) is 11.6 Å². The van der Waals surface area contributed by atoms with Crippen molar-refractivity contribution in [1.29, 1.82) is 0 Å². The molecule has 0 aliphatic carbocycles. The summed E-state index contributed by atoms with van der Waals surface area (Å²) >= 11 is 0. The van der Waals surface area contributed by atoms with Crippen LogP contribution in [0.2, 0.25) is 0 Å². The molecule has 1 aliphatic heterocycles. The number of nitrogens with zero attached hydrogens (tertiary/aromatic N) is 6. The summed E-state index contributed by atoms with van der Waals surface area (Å²) in [5.74, 6) is 1.02. The van der Waals surface area contributed by atoms with E-state index in [9.17, 15) is 18.0 Å². The fourth-order valence-electron chi connectivity index (χ4n) is 5.44. The number of halogens is 3. The van der Waals surface area contributed by atoms with Crippen molar-refractivity contribution in [3.05, 3.63) is 89.4 Å². The molecular weight excluding hydrogens is 533 g/mol. The van der Waals surface area contributed by atoms with Crippen LogP contribution >= 0.6 is 0 Å². The Morgan fingerprint density at radius 2 is 1.88 bits per heavy atom. The van der Waals surface area contributed by atoms with Gasteiger partial charge in [0.2, 0.25) is 0 Å². The number of aryl methyl sites for hydroxylation is 2. The highest BCUT2D eigenvalue weighted by Crippen LogP contribution is 2.41. The summed E-state index contributed by atoms with van der Waals surface area (Å²) in [5.41, 5.74) is 2.39. The Balaban J connectivity index is 1.53. The Bertz CT molecular complexity index is 1790. The van der Waals surface area contributed by atoms with Gasteiger partial charge in [-0.1, -0.05) is 6.07 Å². The number of imidazole rings is 1. The van der Waals surface area contributed by atoms with Gasteiger partial charge in [0, 0.05) is 54.7 Å². The first-order valence-corrected chi connectivity index (χ1v) is 13.2. The molecule has 8 nitrogen and oxygen atoms in total. The standard InChI is InChI=1S/C30H27F3N6O2/c1-4-38-17-25(28(36-38)30(31,32)33)22-12-19(16-37-11-9-34-18(37)2)13-23-21(22)8-10-39(29(23)40)27-7-5-6-26-24(27)14-20(41-3)15-35-26/h5-7,9,11-15,17H,4,8,10,16H2,1-3H3. The summed E-state index contributed by atoms with van der Waals surface area (Å²) in [6.07, 6.45) is 2.21. The number of rotatable bonds is 6. The van der Waals surface area contributed by atoms with Crippen molar-refractivity contribution >= 4 is 22.5 Å². The SMILES string of the molecule is CCn1cc(-c2cc(Cn3ccnc3C)cc3c2CCN(c2cccc4ncc(OC)cc24)C3=O)c(C(F)(F)F)n1. The molecule has 5 aromatic rings. The van der Waals surface area contributed by atoms with Gasteiger partial charge in [-0.15, -0.1) is 0 Å². The Kier molecular flexibility index (Phi) is 6.51. The van der Waals surface area contributed by atoms with Crippen LogP contribution < -0.4 is 9.64 Å².